The molecule has 0 spiro atoms. The Bertz CT molecular complexity index is 388. The van der Waals surface area contributed by atoms with Crippen LogP contribution in [0.15, 0.2) is 29.2 Å². The number of benzene rings is 1. The maximum atomic E-state index is 12.8. The standard InChI is InChI=1S/C16H25FN2S/c1-13(2)19(12-15-4-3-9-18-15)10-11-20-16-7-5-14(17)6-8-16/h5-8,13,15,18H,3-4,9-12H2,1-2H3. The Morgan fingerprint density at radius 2 is 2.10 bits per heavy atom. The van der Waals surface area contributed by atoms with E-state index in [0.717, 1.165) is 23.7 Å². The molecule has 1 saturated heterocycles. The van der Waals surface area contributed by atoms with Crippen molar-refractivity contribution in [1.29, 1.82) is 0 Å². The van der Waals surface area contributed by atoms with Crippen LogP contribution in [0.25, 0.3) is 0 Å². The fraction of sp³-hybridized carbons (Fsp3) is 0.625. The third-order valence-electron chi connectivity index (χ3n) is 3.81. The normalized spacial score (nSPS) is 19.1. The number of rotatable bonds is 7. The molecule has 0 saturated carbocycles. The number of hydrogen-bond acceptors (Lipinski definition) is 3. The minimum absolute atomic E-state index is 0.162. The van der Waals surface area contributed by atoms with E-state index in [4.69, 9.17) is 0 Å². The molecule has 1 unspecified atom stereocenters. The first-order chi connectivity index (χ1) is 9.65. The summed E-state index contributed by atoms with van der Waals surface area (Å²) in [6.07, 6.45) is 2.61. The molecule has 1 aliphatic heterocycles. The van der Waals surface area contributed by atoms with Crippen LogP contribution in [0, 0.1) is 5.82 Å². The number of hydrogen-bond donors (Lipinski definition) is 1. The first kappa shape index (κ1) is 15.8. The fourth-order valence-corrected chi connectivity index (χ4v) is 3.46. The molecular formula is C16H25FN2S. The molecule has 0 aliphatic carbocycles. The number of nitrogens with zero attached hydrogens (tertiary/aromatic N) is 1. The van der Waals surface area contributed by atoms with Crippen LogP contribution < -0.4 is 5.32 Å². The van der Waals surface area contributed by atoms with Crippen molar-refractivity contribution in [2.75, 3.05) is 25.4 Å². The van der Waals surface area contributed by atoms with Crippen LogP contribution in [0.1, 0.15) is 26.7 Å². The summed E-state index contributed by atoms with van der Waals surface area (Å²) in [5.74, 6) is 0.891. The second-order valence-corrected chi connectivity index (χ2v) is 6.85. The van der Waals surface area contributed by atoms with Gasteiger partial charge in [0.2, 0.25) is 0 Å². The first-order valence-corrected chi connectivity index (χ1v) is 8.49. The number of nitrogens with one attached hydrogen (secondary N) is 1. The van der Waals surface area contributed by atoms with E-state index in [9.17, 15) is 4.39 Å². The van der Waals surface area contributed by atoms with Crippen LogP contribution in [0.4, 0.5) is 4.39 Å². The molecule has 20 heavy (non-hydrogen) atoms. The molecule has 1 heterocycles. The third-order valence-corrected chi connectivity index (χ3v) is 4.80. The molecule has 1 atom stereocenters. The zero-order chi connectivity index (χ0) is 14.4. The molecule has 1 aromatic rings. The summed E-state index contributed by atoms with van der Waals surface area (Å²) in [6, 6.07) is 8.02. The van der Waals surface area contributed by atoms with Crippen molar-refractivity contribution in [3.05, 3.63) is 30.1 Å². The Morgan fingerprint density at radius 1 is 1.35 bits per heavy atom. The highest BCUT2D eigenvalue weighted by Gasteiger charge is 2.19. The van der Waals surface area contributed by atoms with Crippen molar-refractivity contribution in [2.45, 2.75) is 43.7 Å². The van der Waals surface area contributed by atoms with E-state index in [2.05, 4.69) is 24.1 Å². The van der Waals surface area contributed by atoms with Crippen molar-refractivity contribution in [3.8, 4) is 0 Å². The minimum Gasteiger partial charge on any atom is -0.313 e. The van der Waals surface area contributed by atoms with Gasteiger partial charge in [0.25, 0.3) is 0 Å². The van der Waals surface area contributed by atoms with Gasteiger partial charge in [0.05, 0.1) is 0 Å². The largest absolute Gasteiger partial charge is 0.313 e. The Kier molecular flexibility index (Phi) is 6.33. The smallest absolute Gasteiger partial charge is 0.123 e. The second-order valence-electron chi connectivity index (χ2n) is 5.68. The van der Waals surface area contributed by atoms with Crippen molar-refractivity contribution < 1.29 is 4.39 Å². The summed E-state index contributed by atoms with van der Waals surface area (Å²) >= 11 is 1.80. The molecule has 1 aromatic carbocycles. The molecule has 1 N–H and O–H groups in total. The Labute approximate surface area is 126 Å². The van der Waals surface area contributed by atoms with E-state index in [1.807, 2.05) is 12.1 Å². The van der Waals surface area contributed by atoms with Gasteiger partial charge in [0, 0.05) is 35.8 Å². The summed E-state index contributed by atoms with van der Waals surface area (Å²) in [6.45, 7) is 7.91. The zero-order valence-electron chi connectivity index (χ0n) is 12.4. The van der Waals surface area contributed by atoms with Gasteiger partial charge in [0.1, 0.15) is 5.82 Å². The Morgan fingerprint density at radius 3 is 2.70 bits per heavy atom. The van der Waals surface area contributed by atoms with Gasteiger partial charge in [-0.25, -0.2) is 4.39 Å². The van der Waals surface area contributed by atoms with E-state index in [-0.39, 0.29) is 5.82 Å². The molecule has 1 aliphatic rings. The lowest BCUT2D eigenvalue weighted by Crippen LogP contribution is -2.42. The summed E-state index contributed by atoms with van der Waals surface area (Å²) < 4.78 is 12.8. The maximum absolute atomic E-state index is 12.8. The molecular weight excluding hydrogens is 271 g/mol. The van der Waals surface area contributed by atoms with Crippen molar-refractivity contribution in [3.63, 3.8) is 0 Å². The molecule has 0 radical (unpaired) electrons. The number of thioether (sulfide) groups is 1. The summed E-state index contributed by atoms with van der Waals surface area (Å²) in [5.41, 5.74) is 0. The van der Waals surface area contributed by atoms with Crippen LogP contribution in [0.3, 0.4) is 0 Å². The predicted octanol–water partition coefficient (Wildman–Crippen LogP) is 3.38. The Balaban J connectivity index is 1.75. The first-order valence-electron chi connectivity index (χ1n) is 7.51. The van der Waals surface area contributed by atoms with E-state index >= 15 is 0 Å². The highest BCUT2D eigenvalue weighted by atomic mass is 32.2. The van der Waals surface area contributed by atoms with E-state index in [1.54, 1.807) is 11.8 Å². The molecule has 1 fully saturated rings. The van der Waals surface area contributed by atoms with Crippen LogP contribution >= 0.6 is 11.8 Å². The maximum Gasteiger partial charge on any atom is 0.123 e. The van der Waals surface area contributed by atoms with Gasteiger partial charge in [-0.3, -0.25) is 4.90 Å². The zero-order valence-corrected chi connectivity index (χ0v) is 13.3. The third kappa shape index (κ3) is 5.08. The Hall–Kier alpha value is -0.580. The number of halogens is 1. The summed E-state index contributed by atoms with van der Waals surface area (Å²) in [5, 5.41) is 3.57. The van der Waals surface area contributed by atoms with E-state index < -0.39 is 0 Å². The summed E-state index contributed by atoms with van der Waals surface area (Å²) in [7, 11) is 0. The lowest BCUT2D eigenvalue weighted by molar-refractivity contribution is 0.215. The minimum atomic E-state index is -0.162. The van der Waals surface area contributed by atoms with Crippen molar-refractivity contribution in [1.82, 2.24) is 10.2 Å². The topological polar surface area (TPSA) is 15.3 Å². The monoisotopic (exact) mass is 296 g/mol. The predicted molar refractivity (Wildman–Crippen MR) is 84.9 cm³/mol. The van der Waals surface area contributed by atoms with Crippen LogP contribution in [0.5, 0.6) is 0 Å². The second kappa shape index (κ2) is 8.01. The quantitative estimate of drug-likeness (QED) is 0.777. The van der Waals surface area contributed by atoms with Gasteiger partial charge in [-0.2, -0.15) is 0 Å². The lowest BCUT2D eigenvalue weighted by atomic mass is 10.2. The van der Waals surface area contributed by atoms with Gasteiger partial charge in [0.15, 0.2) is 0 Å². The summed E-state index contributed by atoms with van der Waals surface area (Å²) in [4.78, 5) is 3.69. The SMILES string of the molecule is CC(C)N(CCSc1ccc(F)cc1)CC1CCCN1. The van der Waals surface area contributed by atoms with Crippen LogP contribution in [-0.2, 0) is 0 Å². The molecule has 0 aromatic heterocycles. The average molecular weight is 296 g/mol. The molecule has 0 bridgehead atoms. The van der Waals surface area contributed by atoms with Gasteiger partial charge in [-0.15, -0.1) is 11.8 Å². The van der Waals surface area contributed by atoms with Gasteiger partial charge < -0.3 is 5.32 Å². The highest BCUT2D eigenvalue weighted by molar-refractivity contribution is 7.99. The van der Waals surface area contributed by atoms with Crippen LogP contribution in [-0.4, -0.2) is 42.4 Å². The molecule has 2 rings (SSSR count). The van der Waals surface area contributed by atoms with Crippen LogP contribution in [0.2, 0.25) is 0 Å². The van der Waals surface area contributed by atoms with Gasteiger partial charge in [-0.05, 0) is 57.5 Å². The van der Waals surface area contributed by atoms with Gasteiger partial charge >= 0.3 is 0 Å². The van der Waals surface area contributed by atoms with E-state index in [0.29, 0.717) is 12.1 Å². The molecule has 2 nitrogen and oxygen atoms in total. The van der Waals surface area contributed by atoms with Gasteiger partial charge in [-0.1, -0.05) is 0 Å². The highest BCUT2D eigenvalue weighted by Crippen LogP contribution is 2.19. The van der Waals surface area contributed by atoms with Crippen molar-refractivity contribution in [2.24, 2.45) is 0 Å². The fourth-order valence-electron chi connectivity index (χ4n) is 2.57. The average Bonchev–Trinajstić information content (AvgIpc) is 2.92. The lowest BCUT2D eigenvalue weighted by Gasteiger charge is -2.29. The van der Waals surface area contributed by atoms with E-state index in [1.165, 1.54) is 31.5 Å². The van der Waals surface area contributed by atoms with Crippen molar-refractivity contribution >= 4 is 11.8 Å². The molecule has 4 heteroatoms. The molecule has 0 amide bonds. The molecule has 112 valence electrons.